The first kappa shape index (κ1) is 13.7. The highest BCUT2D eigenvalue weighted by molar-refractivity contribution is 8.00. The van der Waals surface area contributed by atoms with Gasteiger partial charge in [-0.3, -0.25) is 0 Å². The van der Waals surface area contributed by atoms with Crippen LogP contribution in [0.1, 0.15) is 0 Å². The molecule has 0 aliphatic heterocycles. The average Bonchev–Trinajstić information content (AvgIpc) is 2.46. The first-order chi connectivity index (χ1) is 9.20. The molecule has 0 spiro atoms. The van der Waals surface area contributed by atoms with E-state index in [-0.39, 0.29) is 5.69 Å². The van der Waals surface area contributed by atoms with E-state index >= 15 is 0 Å². The highest BCUT2D eigenvalue weighted by atomic mass is 32.2. The summed E-state index contributed by atoms with van der Waals surface area (Å²) in [4.78, 5) is 0.672. The van der Waals surface area contributed by atoms with Gasteiger partial charge >= 0.3 is 0 Å². The summed E-state index contributed by atoms with van der Waals surface area (Å²) in [6.45, 7) is 0. The maximum Gasteiger partial charge on any atom is 0.179 e. The number of nitrogens with one attached hydrogen (secondary N) is 2. The number of ether oxygens (including phenoxy) is 1. The largest absolute Gasteiger partial charge is 0.595 e. The second kappa shape index (κ2) is 6.44. The Balaban J connectivity index is 2.05. The number of anilines is 1. The second-order valence-electron chi connectivity index (χ2n) is 3.73. The summed E-state index contributed by atoms with van der Waals surface area (Å²) >= 11 is 1.27. The van der Waals surface area contributed by atoms with Crippen LogP contribution in [0.25, 0.3) is 0 Å². The third kappa shape index (κ3) is 3.62. The highest BCUT2D eigenvalue weighted by Crippen LogP contribution is 2.26. The van der Waals surface area contributed by atoms with E-state index in [1.807, 2.05) is 30.3 Å². The van der Waals surface area contributed by atoms with Crippen molar-refractivity contribution in [2.75, 3.05) is 11.8 Å². The number of hydrogen-bond donors (Lipinski definition) is 3. The van der Waals surface area contributed by atoms with E-state index in [9.17, 15) is 5.21 Å². The summed E-state index contributed by atoms with van der Waals surface area (Å²) in [7, 11) is 1.61. The highest BCUT2D eigenvalue weighted by Gasteiger charge is 2.08. The fourth-order valence-electron chi connectivity index (χ4n) is 1.51. The zero-order valence-corrected chi connectivity index (χ0v) is 11.1. The molecule has 3 N–H and O–H groups in total. The second-order valence-corrected chi connectivity index (χ2v) is 4.58. The van der Waals surface area contributed by atoms with Crippen molar-refractivity contribution >= 4 is 23.3 Å². The van der Waals surface area contributed by atoms with Gasteiger partial charge in [0.1, 0.15) is 5.75 Å². The Morgan fingerprint density at radius 2 is 1.84 bits per heavy atom. The van der Waals surface area contributed by atoms with Crippen molar-refractivity contribution in [2.45, 2.75) is 4.90 Å². The molecule has 19 heavy (non-hydrogen) atoms. The van der Waals surface area contributed by atoms with Gasteiger partial charge in [-0.1, -0.05) is 12.1 Å². The van der Waals surface area contributed by atoms with Crippen molar-refractivity contribution in [3.8, 4) is 5.75 Å². The minimum Gasteiger partial charge on any atom is -0.595 e. The van der Waals surface area contributed by atoms with Crippen LogP contribution in [0.4, 0.5) is 11.4 Å². The van der Waals surface area contributed by atoms with Crippen molar-refractivity contribution in [1.82, 2.24) is 0 Å². The molecule has 0 fully saturated rings. The molecule has 0 saturated heterocycles. The SMILES string of the molecule is COc1ccc(NSc2ccccc2[NH+]([O-])O)cc1. The molecular formula is C13H14N2O3S. The Kier molecular flexibility index (Phi) is 4.64. The van der Waals surface area contributed by atoms with Crippen molar-refractivity contribution in [2.24, 2.45) is 0 Å². The molecule has 0 aliphatic carbocycles. The maximum absolute atomic E-state index is 11.1. The monoisotopic (exact) mass is 278 g/mol. The van der Waals surface area contributed by atoms with Crippen molar-refractivity contribution < 1.29 is 15.2 Å². The van der Waals surface area contributed by atoms with E-state index in [2.05, 4.69) is 4.72 Å². The smallest absolute Gasteiger partial charge is 0.179 e. The van der Waals surface area contributed by atoms with Crippen molar-refractivity contribution in [3.63, 3.8) is 0 Å². The summed E-state index contributed by atoms with van der Waals surface area (Å²) in [5.74, 6) is 0.779. The molecule has 2 rings (SSSR count). The van der Waals surface area contributed by atoms with Crippen LogP contribution in [0, 0.1) is 5.21 Å². The van der Waals surface area contributed by atoms with Crippen molar-refractivity contribution in [1.29, 1.82) is 0 Å². The third-order valence-corrected chi connectivity index (χ3v) is 3.40. The molecule has 0 saturated carbocycles. The van der Waals surface area contributed by atoms with E-state index in [1.165, 1.54) is 11.9 Å². The first-order valence-corrected chi connectivity index (χ1v) is 6.41. The molecule has 0 aromatic heterocycles. The maximum atomic E-state index is 11.1. The Bertz CT molecular complexity index is 532. The van der Waals surface area contributed by atoms with Gasteiger partial charge in [-0.25, -0.2) is 5.21 Å². The van der Waals surface area contributed by atoms with Gasteiger partial charge in [-0.2, -0.15) is 5.23 Å². The fourth-order valence-corrected chi connectivity index (χ4v) is 2.28. The molecule has 1 unspecified atom stereocenters. The van der Waals surface area contributed by atoms with E-state index < -0.39 is 5.23 Å². The predicted octanol–water partition coefficient (Wildman–Crippen LogP) is 2.22. The summed E-state index contributed by atoms with van der Waals surface area (Å²) in [6, 6.07) is 14.3. The molecule has 2 aromatic rings. The van der Waals surface area contributed by atoms with Crippen LogP contribution in [-0.4, -0.2) is 12.3 Å². The third-order valence-electron chi connectivity index (χ3n) is 2.49. The van der Waals surface area contributed by atoms with Gasteiger partial charge in [-0.15, -0.1) is 0 Å². The number of hydrogen-bond acceptors (Lipinski definition) is 5. The van der Waals surface area contributed by atoms with Crippen LogP contribution in [0.15, 0.2) is 53.4 Å². The van der Waals surface area contributed by atoms with Gasteiger partial charge in [0.25, 0.3) is 0 Å². The van der Waals surface area contributed by atoms with Gasteiger partial charge in [0, 0.05) is 11.8 Å². The zero-order chi connectivity index (χ0) is 13.7. The lowest BCUT2D eigenvalue weighted by Gasteiger charge is -2.15. The molecule has 0 radical (unpaired) electrons. The molecule has 0 aliphatic rings. The lowest BCUT2D eigenvalue weighted by atomic mass is 10.3. The summed E-state index contributed by atoms with van der Waals surface area (Å²) < 4.78 is 8.18. The lowest BCUT2D eigenvalue weighted by Crippen LogP contribution is -2.99. The first-order valence-electron chi connectivity index (χ1n) is 5.60. The van der Waals surface area contributed by atoms with E-state index in [4.69, 9.17) is 9.94 Å². The lowest BCUT2D eigenvalue weighted by molar-refractivity contribution is -0.992. The molecular weight excluding hydrogens is 264 g/mol. The van der Waals surface area contributed by atoms with E-state index in [0.717, 1.165) is 11.4 Å². The molecule has 5 nitrogen and oxygen atoms in total. The number of rotatable bonds is 5. The Morgan fingerprint density at radius 3 is 2.47 bits per heavy atom. The van der Waals surface area contributed by atoms with Gasteiger partial charge < -0.3 is 14.7 Å². The minimum absolute atomic E-state index is 0.286. The quantitative estimate of drug-likeness (QED) is 0.578. The topological polar surface area (TPSA) is 69.0 Å². The average molecular weight is 278 g/mol. The van der Waals surface area contributed by atoms with Crippen LogP contribution >= 0.6 is 11.9 Å². The van der Waals surface area contributed by atoms with Crippen LogP contribution in [0.5, 0.6) is 5.75 Å². The molecule has 0 bridgehead atoms. The molecule has 0 amide bonds. The van der Waals surface area contributed by atoms with Crippen LogP contribution in [0.3, 0.4) is 0 Å². The summed E-state index contributed by atoms with van der Waals surface area (Å²) in [5, 5.41) is 19.2. The molecule has 2 aromatic carbocycles. The van der Waals surface area contributed by atoms with Crippen LogP contribution < -0.4 is 14.7 Å². The number of quaternary nitrogens is 1. The van der Waals surface area contributed by atoms with Crippen molar-refractivity contribution in [3.05, 3.63) is 53.7 Å². The van der Waals surface area contributed by atoms with E-state index in [1.54, 1.807) is 25.3 Å². The molecule has 100 valence electrons. The van der Waals surface area contributed by atoms with Crippen LogP contribution in [-0.2, 0) is 0 Å². The standard InChI is InChI=1S/C13H14N2O3S/c1-18-11-8-6-10(7-9-11)14-19-13-5-3-2-4-12(13)15(16)17/h2-9,14-16H,1H3. The number of para-hydroxylation sites is 1. The molecule has 1 atom stereocenters. The van der Waals surface area contributed by atoms with Crippen LogP contribution in [0.2, 0.25) is 0 Å². The minimum atomic E-state index is -0.931. The van der Waals surface area contributed by atoms with E-state index in [0.29, 0.717) is 4.90 Å². The zero-order valence-electron chi connectivity index (χ0n) is 10.3. The Hall–Kier alpha value is -1.73. The van der Waals surface area contributed by atoms with Gasteiger partial charge in [-0.05, 0) is 42.3 Å². The van der Waals surface area contributed by atoms with Gasteiger partial charge in [0.15, 0.2) is 5.69 Å². The molecule has 6 heteroatoms. The predicted molar refractivity (Wildman–Crippen MR) is 74.7 cm³/mol. The Labute approximate surface area is 115 Å². The molecule has 0 heterocycles. The normalized spacial score (nSPS) is 11.9. The summed E-state index contributed by atoms with van der Waals surface area (Å²) in [6.07, 6.45) is 0. The van der Waals surface area contributed by atoms with Gasteiger partial charge in [0.05, 0.1) is 12.0 Å². The fraction of sp³-hybridized carbons (Fsp3) is 0.0769. The van der Waals surface area contributed by atoms with Gasteiger partial charge in [0.2, 0.25) is 0 Å². The Morgan fingerprint density at radius 1 is 1.16 bits per heavy atom. The number of benzene rings is 2. The summed E-state index contributed by atoms with van der Waals surface area (Å²) in [5.41, 5.74) is 1.17. The number of methoxy groups -OCH3 is 1.